The van der Waals surface area contributed by atoms with Crippen molar-refractivity contribution in [2.45, 2.75) is 20.4 Å². The number of nitrogens with two attached hydrogens (primary N) is 1. The summed E-state index contributed by atoms with van der Waals surface area (Å²) in [5.74, 6) is 0.177. The van der Waals surface area contributed by atoms with Crippen LogP contribution in [0.15, 0.2) is 67.1 Å². The van der Waals surface area contributed by atoms with E-state index < -0.39 is 0 Å². The van der Waals surface area contributed by atoms with E-state index in [1.54, 1.807) is 49.6 Å². The quantitative estimate of drug-likeness (QED) is 0.267. The molecule has 0 atom stereocenters. The highest BCUT2D eigenvalue weighted by molar-refractivity contribution is 7.15. The van der Waals surface area contributed by atoms with Crippen molar-refractivity contribution < 1.29 is 9.18 Å². The number of hydrogen-bond acceptors (Lipinski definition) is 7. The van der Waals surface area contributed by atoms with Crippen molar-refractivity contribution in [3.63, 3.8) is 0 Å². The van der Waals surface area contributed by atoms with Gasteiger partial charge in [0.25, 0.3) is 5.91 Å². The number of carbonyl (C=O) groups excluding carboxylic acids is 1. The lowest BCUT2D eigenvalue weighted by molar-refractivity contribution is 0.102. The van der Waals surface area contributed by atoms with Crippen LogP contribution in [0.25, 0.3) is 21.3 Å². The molecule has 3 heterocycles. The van der Waals surface area contributed by atoms with Crippen LogP contribution in [0.1, 0.15) is 26.4 Å². The summed E-state index contributed by atoms with van der Waals surface area (Å²) in [5, 5.41) is 6.85. The number of nitrogen functional groups attached to an aromatic ring is 1. The zero-order valence-electron chi connectivity index (χ0n) is 19.7. The number of hydrogen-bond donors (Lipinski definition) is 3. The van der Waals surface area contributed by atoms with Crippen molar-refractivity contribution in [1.82, 2.24) is 15.0 Å². The first-order valence-electron chi connectivity index (χ1n) is 11.3. The number of aromatic nitrogens is 3. The van der Waals surface area contributed by atoms with Gasteiger partial charge in [-0.05, 0) is 79.1 Å². The molecule has 0 unspecified atom stereocenters. The first-order valence-corrected chi connectivity index (χ1v) is 12.1. The van der Waals surface area contributed by atoms with E-state index in [1.807, 2.05) is 30.3 Å². The van der Waals surface area contributed by atoms with Gasteiger partial charge in [-0.3, -0.25) is 4.79 Å². The van der Waals surface area contributed by atoms with Gasteiger partial charge < -0.3 is 16.4 Å². The Morgan fingerprint density at radius 2 is 1.92 bits per heavy atom. The number of amides is 1. The molecule has 0 saturated heterocycles. The summed E-state index contributed by atoms with van der Waals surface area (Å²) in [6.07, 6.45) is 3.08. The maximum Gasteiger partial charge on any atom is 0.259 e. The highest BCUT2D eigenvalue weighted by Crippen LogP contribution is 2.31. The molecular formula is C27H23FN6OS. The van der Waals surface area contributed by atoms with E-state index in [1.165, 1.54) is 12.4 Å². The van der Waals surface area contributed by atoms with Crippen molar-refractivity contribution >= 4 is 45.5 Å². The molecule has 5 rings (SSSR count). The van der Waals surface area contributed by atoms with E-state index in [0.717, 1.165) is 31.8 Å². The third-order valence-corrected chi connectivity index (χ3v) is 7.09. The molecule has 180 valence electrons. The minimum Gasteiger partial charge on any atom is -0.383 e. The second kappa shape index (κ2) is 9.71. The van der Waals surface area contributed by atoms with Crippen LogP contribution in [0.2, 0.25) is 0 Å². The Bertz CT molecular complexity index is 1580. The van der Waals surface area contributed by atoms with Crippen LogP contribution in [0.5, 0.6) is 0 Å². The van der Waals surface area contributed by atoms with Gasteiger partial charge in [-0.2, -0.15) is 0 Å². The second-order valence-corrected chi connectivity index (χ2v) is 9.53. The van der Waals surface area contributed by atoms with Crippen LogP contribution in [0.4, 0.5) is 21.7 Å². The maximum atomic E-state index is 14.1. The molecule has 5 aromatic rings. The number of nitrogens with one attached hydrogen (secondary N) is 2. The normalized spacial score (nSPS) is 11.0. The number of nitrogens with zero attached hydrogens (tertiary/aromatic N) is 3. The van der Waals surface area contributed by atoms with E-state index in [9.17, 15) is 9.18 Å². The molecule has 3 aromatic heterocycles. The first kappa shape index (κ1) is 23.4. The number of halogens is 1. The standard InChI is InChI=1S/C27H23FN6OS/c1-15-10-18(12-22(28)16(15)2)34-27(35)20-4-3-9-30-26(20)31-13-19-6-8-24(36-19)17-5-7-23-21(11-17)25(29)33-14-32-23/h3-12,14H,13H2,1-2H3,(H,30,31)(H,34,35)(H2,29,32,33). The number of benzene rings is 2. The molecule has 7 nitrogen and oxygen atoms in total. The largest absolute Gasteiger partial charge is 0.383 e. The fourth-order valence-electron chi connectivity index (χ4n) is 3.85. The summed E-state index contributed by atoms with van der Waals surface area (Å²) in [6, 6.07) is 16.5. The summed E-state index contributed by atoms with van der Waals surface area (Å²) >= 11 is 1.63. The molecule has 36 heavy (non-hydrogen) atoms. The van der Waals surface area contributed by atoms with Gasteiger partial charge in [0.05, 0.1) is 17.6 Å². The molecular weight excluding hydrogens is 475 g/mol. The molecule has 2 aromatic carbocycles. The maximum absolute atomic E-state index is 14.1. The van der Waals surface area contributed by atoms with Crippen LogP contribution in [0, 0.1) is 19.7 Å². The third kappa shape index (κ3) is 4.73. The summed E-state index contributed by atoms with van der Waals surface area (Å²) < 4.78 is 14.1. The van der Waals surface area contributed by atoms with Crippen LogP contribution in [0.3, 0.4) is 0 Å². The molecule has 0 saturated carbocycles. The zero-order chi connectivity index (χ0) is 25.2. The van der Waals surface area contributed by atoms with Gasteiger partial charge in [-0.25, -0.2) is 19.3 Å². The topological polar surface area (TPSA) is 106 Å². The van der Waals surface area contributed by atoms with Crippen LogP contribution in [-0.4, -0.2) is 20.9 Å². The van der Waals surface area contributed by atoms with Crippen molar-refractivity contribution in [3.8, 4) is 10.4 Å². The van der Waals surface area contributed by atoms with E-state index in [0.29, 0.717) is 35.0 Å². The number of pyridine rings is 1. The minimum absolute atomic E-state index is 0.357. The number of thiophene rings is 1. The fourth-order valence-corrected chi connectivity index (χ4v) is 4.79. The lowest BCUT2D eigenvalue weighted by Crippen LogP contribution is -2.16. The zero-order valence-corrected chi connectivity index (χ0v) is 20.5. The Morgan fingerprint density at radius 1 is 1.06 bits per heavy atom. The molecule has 0 spiro atoms. The smallest absolute Gasteiger partial charge is 0.259 e. The molecule has 4 N–H and O–H groups in total. The van der Waals surface area contributed by atoms with Gasteiger partial charge in [-0.15, -0.1) is 11.3 Å². The van der Waals surface area contributed by atoms with Crippen molar-refractivity contribution in [3.05, 3.63) is 94.5 Å². The van der Waals surface area contributed by atoms with E-state index in [-0.39, 0.29) is 11.7 Å². The SMILES string of the molecule is Cc1cc(NC(=O)c2cccnc2NCc2ccc(-c3ccc4ncnc(N)c4c3)s2)cc(F)c1C. The average molecular weight is 499 g/mol. The summed E-state index contributed by atoms with van der Waals surface area (Å²) in [6.45, 7) is 4.00. The summed E-state index contributed by atoms with van der Waals surface area (Å²) in [7, 11) is 0. The van der Waals surface area contributed by atoms with E-state index in [2.05, 4.69) is 25.6 Å². The molecule has 0 aliphatic carbocycles. The second-order valence-electron chi connectivity index (χ2n) is 8.36. The molecule has 0 radical (unpaired) electrons. The summed E-state index contributed by atoms with van der Waals surface area (Å²) in [4.78, 5) is 27.8. The Balaban J connectivity index is 1.31. The predicted octanol–water partition coefficient (Wildman–Crippen LogP) is 5.96. The lowest BCUT2D eigenvalue weighted by atomic mass is 10.1. The number of rotatable bonds is 6. The van der Waals surface area contributed by atoms with Crippen molar-refractivity contribution in [1.29, 1.82) is 0 Å². The summed E-state index contributed by atoms with van der Waals surface area (Å²) in [5.41, 5.74) is 9.95. The average Bonchev–Trinajstić information content (AvgIpc) is 3.35. The Morgan fingerprint density at radius 3 is 2.75 bits per heavy atom. The Labute approximate surface area is 211 Å². The van der Waals surface area contributed by atoms with E-state index in [4.69, 9.17) is 5.73 Å². The van der Waals surface area contributed by atoms with Crippen LogP contribution < -0.4 is 16.4 Å². The van der Waals surface area contributed by atoms with Crippen LogP contribution >= 0.6 is 11.3 Å². The lowest BCUT2D eigenvalue weighted by Gasteiger charge is -2.12. The highest BCUT2D eigenvalue weighted by atomic mass is 32.1. The molecule has 1 amide bonds. The van der Waals surface area contributed by atoms with Crippen molar-refractivity contribution in [2.75, 3.05) is 16.4 Å². The van der Waals surface area contributed by atoms with Gasteiger partial charge in [0.2, 0.25) is 0 Å². The Hall–Kier alpha value is -4.37. The van der Waals surface area contributed by atoms with Gasteiger partial charge in [0.1, 0.15) is 23.8 Å². The fraction of sp³-hybridized carbons (Fsp3) is 0.111. The van der Waals surface area contributed by atoms with Gasteiger partial charge in [0, 0.05) is 27.0 Å². The number of anilines is 3. The van der Waals surface area contributed by atoms with E-state index >= 15 is 0 Å². The number of aryl methyl sites for hydroxylation is 1. The van der Waals surface area contributed by atoms with Gasteiger partial charge in [0.15, 0.2) is 0 Å². The molecule has 9 heteroatoms. The third-order valence-electron chi connectivity index (χ3n) is 5.96. The molecule has 0 bridgehead atoms. The molecule has 0 fully saturated rings. The monoisotopic (exact) mass is 498 g/mol. The highest BCUT2D eigenvalue weighted by Gasteiger charge is 2.15. The van der Waals surface area contributed by atoms with Crippen LogP contribution in [-0.2, 0) is 6.54 Å². The van der Waals surface area contributed by atoms with Gasteiger partial charge in [-0.1, -0.05) is 6.07 Å². The van der Waals surface area contributed by atoms with Gasteiger partial charge >= 0.3 is 0 Å². The first-order chi connectivity index (χ1) is 17.4. The predicted molar refractivity (Wildman–Crippen MR) is 143 cm³/mol. The number of fused-ring (bicyclic) bond motifs is 1. The molecule has 0 aliphatic rings. The van der Waals surface area contributed by atoms with Crippen molar-refractivity contribution in [2.24, 2.45) is 0 Å². The number of carbonyl (C=O) groups is 1. The minimum atomic E-state index is -0.365. The Kier molecular flexibility index (Phi) is 6.30. The molecule has 0 aliphatic heterocycles.